The van der Waals surface area contributed by atoms with Gasteiger partial charge in [-0.25, -0.2) is 0 Å². The van der Waals surface area contributed by atoms with Gasteiger partial charge >= 0.3 is 0 Å². The molecule has 3 nitrogen and oxygen atoms in total. The largest absolute Gasteiger partial charge is 0.380 e. The lowest BCUT2D eigenvalue weighted by molar-refractivity contribution is -0.189. The SMILES string of the molecule is CC1([C@H]2CC(=O)CCO2)COC1. The number of ketones is 1. The summed E-state index contributed by atoms with van der Waals surface area (Å²) < 4.78 is 10.7. The molecule has 2 aliphatic rings. The minimum absolute atomic E-state index is 0.104. The van der Waals surface area contributed by atoms with Crippen LogP contribution in [-0.4, -0.2) is 31.7 Å². The van der Waals surface area contributed by atoms with E-state index in [4.69, 9.17) is 9.47 Å². The standard InChI is InChI=1S/C9H14O3/c1-9(5-11-6-9)8-4-7(10)2-3-12-8/h8H,2-6H2,1H3/t8-/m1/s1. The van der Waals surface area contributed by atoms with Crippen LogP contribution in [0.3, 0.4) is 0 Å². The van der Waals surface area contributed by atoms with Crippen LogP contribution >= 0.6 is 0 Å². The van der Waals surface area contributed by atoms with Crippen molar-refractivity contribution in [3.05, 3.63) is 0 Å². The molecule has 0 radical (unpaired) electrons. The highest BCUT2D eigenvalue weighted by Crippen LogP contribution is 2.36. The van der Waals surface area contributed by atoms with Crippen LogP contribution in [0.1, 0.15) is 19.8 Å². The molecule has 2 saturated heterocycles. The minimum atomic E-state index is 0.104. The van der Waals surface area contributed by atoms with E-state index in [1.807, 2.05) is 0 Å². The Balaban J connectivity index is 1.98. The first kappa shape index (κ1) is 8.20. The second kappa shape index (κ2) is 2.82. The van der Waals surface area contributed by atoms with Gasteiger partial charge in [-0.05, 0) is 0 Å². The lowest BCUT2D eigenvalue weighted by Gasteiger charge is -2.45. The van der Waals surface area contributed by atoms with Crippen LogP contribution in [0.4, 0.5) is 0 Å². The summed E-state index contributed by atoms with van der Waals surface area (Å²) in [4.78, 5) is 11.1. The van der Waals surface area contributed by atoms with E-state index in [1.54, 1.807) is 0 Å². The Kier molecular flexibility index (Phi) is 1.93. The maximum atomic E-state index is 11.1. The summed E-state index contributed by atoms with van der Waals surface area (Å²) in [7, 11) is 0. The maximum absolute atomic E-state index is 11.1. The molecule has 3 heteroatoms. The van der Waals surface area contributed by atoms with Crippen molar-refractivity contribution >= 4 is 5.78 Å². The summed E-state index contributed by atoms with van der Waals surface area (Å²) in [5.41, 5.74) is 0.107. The molecule has 0 bridgehead atoms. The smallest absolute Gasteiger partial charge is 0.137 e. The number of rotatable bonds is 1. The van der Waals surface area contributed by atoms with Gasteiger partial charge in [-0.3, -0.25) is 4.79 Å². The van der Waals surface area contributed by atoms with Crippen molar-refractivity contribution < 1.29 is 14.3 Å². The highest BCUT2D eigenvalue weighted by molar-refractivity contribution is 5.79. The zero-order chi connectivity index (χ0) is 8.60. The van der Waals surface area contributed by atoms with Gasteiger partial charge in [-0.1, -0.05) is 6.92 Å². The van der Waals surface area contributed by atoms with E-state index in [9.17, 15) is 4.79 Å². The predicted octanol–water partition coefficient (Wildman–Crippen LogP) is 0.771. The monoisotopic (exact) mass is 170 g/mol. The van der Waals surface area contributed by atoms with Crippen LogP contribution in [0.5, 0.6) is 0 Å². The average molecular weight is 170 g/mol. The molecule has 0 N–H and O–H groups in total. The third kappa shape index (κ3) is 1.27. The molecule has 0 aromatic heterocycles. The van der Waals surface area contributed by atoms with Gasteiger partial charge in [0.25, 0.3) is 0 Å². The molecule has 1 atom stereocenters. The fourth-order valence-corrected chi connectivity index (χ4v) is 1.74. The number of carbonyl (C=O) groups is 1. The first-order valence-corrected chi connectivity index (χ1v) is 4.42. The highest BCUT2D eigenvalue weighted by atomic mass is 16.5. The molecule has 2 aliphatic heterocycles. The zero-order valence-electron chi connectivity index (χ0n) is 7.34. The summed E-state index contributed by atoms with van der Waals surface area (Å²) in [6, 6.07) is 0. The molecule has 2 rings (SSSR count). The molecule has 0 spiro atoms. The third-order valence-corrected chi connectivity index (χ3v) is 2.75. The Labute approximate surface area is 72.0 Å². The molecule has 2 heterocycles. The molecule has 0 aliphatic carbocycles. The van der Waals surface area contributed by atoms with E-state index in [-0.39, 0.29) is 11.5 Å². The van der Waals surface area contributed by atoms with Crippen LogP contribution in [0, 0.1) is 5.41 Å². The van der Waals surface area contributed by atoms with Gasteiger partial charge in [0.1, 0.15) is 5.78 Å². The second-order valence-corrected chi connectivity index (χ2v) is 4.00. The van der Waals surface area contributed by atoms with Crippen molar-refractivity contribution in [2.45, 2.75) is 25.9 Å². The van der Waals surface area contributed by atoms with Gasteiger partial charge in [0.15, 0.2) is 0 Å². The Bertz CT molecular complexity index is 196. The normalized spacial score (nSPS) is 34.4. The molecular formula is C9H14O3. The lowest BCUT2D eigenvalue weighted by Crippen LogP contribution is -2.52. The van der Waals surface area contributed by atoms with Crippen LogP contribution in [0.15, 0.2) is 0 Å². The van der Waals surface area contributed by atoms with Crippen molar-refractivity contribution in [1.29, 1.82) is 0 Å². The van der Waals surface area contributed by atoms with Crippen molar-refractivity contribution in [3.8, 4) is 0 Å². The van der Waals surface area contributed by atoms with Gasteiger partial charge < -0.3 is 9.47 Å². The number of ether oxygens (including phenoxy) is 2. The Morgan fingerprint density at radius 3 is 2.75 bits per heavy atom. The molecule has 0 amide bonds. The summed E-state index contributed by atoms with van der Waals surface area (Å²) in [6.45, 7) is 4.20. The Morgan fingerprint density at radius 2 is 2.25 bits per heavy atom. The highest BCUT2D eigenvalue weighted by Gasteiger charge is 2.44. The number of hydrogen-bond donors (Lipinski definition) is 0. The number of carbonyl (C=O) groups excluding carboxylic acids is 1. The van der Waals surface area contributed by atoms with Gasteiger partial charge in [-0.2, -0.15) is 0 Å². The van der Waals surface area contributed by atoms with Gasteiger partial charge in [-0.15, -0.1) is 0 Å². The predicted molar refractivity (Wildman–Crippen MR) is 42.9 cm³/mol. The second-order valence-electron chi connectivity index (χ2n) is 4.00. The van der Waals surface area contributed by atoms with E-state index < -0.39 is 0 Å². The first-order chi connectivity index (χ1) is 5.71. The summed E-state index contributed by atoms with van der Waals surface area (Å²) in [6.07, 6.45) is 1.28. The zero-order valence-corrected chi connectivity index (χ0v) is 7.34. The van der Waals surface area contributed by atoms with Gasteiger partial charge in [0.05, 0.1) is 25.9 Å². The average Bonchev–Trinajstić information content (AvgIpc) is 2.00. The Hall–Kier alpha value is -0.410. The summed E-state index contributed by atoms with van der Waals surface area (Å²) >= 11 is 0. The van der Waals surface area contributed by atoms with E-state index in [0.717, 1.165) is 13.2 Å². The first-order valence-electron chi connectivity index (χ1n) is 4.42. The van der Waals surface area contributed by atoms with E-state index in [1.165, 1.54) is 0 Å². The molecular weight excluding hydrogens is 156 g/mol. The Morgan fingerprint density at radius 1 is 1.50 bits per heavy atom. The minimum Gasteiger partial charge on any atom is -0.380 e. The van der Waals surface area contributed by atoms with Crippen molar-refractivity contribution in [1.82, 2.24) is 0 Å². The van der Waals surface area contributed by atoms with Crippen molar-refractivity contribution in [2.24, 2.45) is 5.41 Å². The number of Topliss-reactive ketones (excluding diaryl/α,β-unsaturated/α-hetero) is 1. The van der Waals surface area contributed by atoms with E-state index in [0.29, 0.717) is 25.2 Å². The van der Waals surface area contributed by atoms with Gasteiger partial charge in [0, 0.05) is 18.3 Å². The van der Waals surface area contributed by atoms with E-state index >= 15 is 0 Å². The number of hydrogen-bond acceptors (Lipinski definition) is 3. The quantitative estimate of drug-likeness (QED) is 0.583. The molecule has 0 aromatic carbocycles. The fraction of sp³-hybridized carbons (Fsp3) is 0.889. The van der Waals surface area contributed by atoms with Crippen molar-refractivity contribution in [3.63, 3.8) is 0 Å². The maximum Gasteiger partial charge on any atom is 0.137 e. The third-order valence-electron chi connectivity index (χ3n) is 2.75. The lowest BCUT2D eigenvalue weighted by atomic mass is 9.79. The molecule has 0 saturated carbocycles. The van der Waals surface area contributed by atoms with E-state index in [2.05, 4.69) is 6.92 Å². The molecule has 0 aromatic rings. The summed E-state index contributed by atoms with van der Waals surface area (Å²) in [5, 5.41) is 0. The van der Waals surface area contributed by atoms with Crippen LogP contribution in [0.2, 0.25) is 0 Å². The molecule has 0 unspecified atom stereocenters. The topological polar surface area (TPSA) is 35.5 Å². The van der Waals surface area contributed by atoms with Crippen LogP contribution in [0.25, 0.3) is 0 Å². The van der Waals surface area contributed by atoms with Crippen LogP contribution in [-0.2, 0) is 14.3 Å². The molecule has 68 valence electrons. The van der Waals surface area contributed by atoms with Gasteiger partial charge in [0.2, 0.25) is 0 Å². The van der Waals surface area contributed by atoms with Crippen LogP contribution < -0.4 is 0 Å². The summed E-state index contributed by atoms with van der Waals surface area (Å²) in [5.74, 6) is 0.333. The van der Waals surface area contributed by atoms with Crippen molar-refractivity contribution in [2.75, 3.05) is 19.8 Å². The fourth-order valence-electron chi connectivity index (χ4n) is 1.74. The molecule has 12 heavy (non-hydrogen) atoms. The molecule has 2 fully saturated rings.